The third kappa shape index (κ3) is 3.29. The van der Waals surface area contributed by atoms with Crippen LogP contribution in [0.15, 0.2) is 60.7 Å². The van der Waals surface area contributed by atoms with Crippen molar-refractivity contribution in [1.29, 1.82) is 0 Å². The number of hydrogen-bond acceptors (Lipinski definition) is 1. The predicted molar refractivity (Wildman–Crippen MR) is 84.8 cm³/mol. The molecule has 2 aromatic rings. The second-order valence-electron chi connectivity index (χ2n) is 6.11. The van der Waals surface area contributed by atoms with E-state index in [1.165, 1.54) is 49.9 Å². The average molecular weight is 265 g/mol. The van der Waals surface area contributed by atoms with Crippen molar-refractivity contribution in [3.05, 3.63) is 71.8 Å². The van der Waals surface area contributed by atoms with Crippen LogP contribution in [0.25, 0.3) is 0 Å². The van der Waals surface area contributed by atoms with Gasteiger partial charge in [-0.3, -0.25) is 0 Å². The number of hydrogen-bond donors (Lipinski definition) is 1. The molecule has 0 aromatic heterocycles. The van der Waals surface area contributed by atoms with Gasteiger partial charge in [0, 0.05) is 13.1 Å². The number of aryl methyl sites for hydroxylation is 1. The van der Waals surface area contributed by atoms with Crippen molar-refractivity contribution in [2.45, 2.75) is 25.7 Å². The molecular weight excluding hydrogens is 242 g/mol. The minimum absolute atomic E-state index is 0.496. The molecule has 3 rings (SSSR count). The lowest BCUT2D eigenvalue weighted by Crippen LogP contribution is -2.54. The lowest BCUT2D eigenvalue weighted by Gasteiger charge is -2.43. The first kappa shape index (κ1) is 13.4. The zero-order valence-corrected chi connectivity index (χ0v) is 12.0. The highest BCUT2D eigenvalue weighted by Gasteiger charge is 2.36. The fourth-order valence-electron chi connectivity index (χ4n) is 3.21. The van der Waals surface area contributed by atoms with Crippen LogP contribution in [0.1, 0.15) is 24.0 Å². The van der Waals surface area contributed by atoms with E-state index in [0.717, 1.165) is 0 Å². The first-order chi connectivity index (χ1) is 9.86. The van der Waals surface area contributed by atoms with Gasteiger partial charge in [-0.1, -0.05) is 60.7 Å². The monoisotopic (exact) mass is 265 g/mol. The van der Waals surface area contributed by atoms with E-state index in [2.05, 4.69) is 66.0 Å². The molecule has 0 aliphatic carbocycles. The van der Waals surface area contributed by atoms with Crippen molar-refractivity contribution in [2.24, 2.45) is 5.41 Å². The predicted octanol–water partition coefficient (Wildman–Crippen LogP) is 3.84. The molecule has 1 heterocycles. The molecule has 20 heavy (non-hydrogen) atoms. The molecule has 0 spiro atoms. The number of benzene rings is 2. The Morgan fingerprint density at radius 1 is 0.800 bits per heavy atom. The van der Waals surface area contributed by atoms with Gasteiger partial charge in [0.05, 0.1) is 0 Å². The highest BCUT2D eigenvalue weighted by molar-refractivity contribution is 5.18. The fourth-order valence-corrected chi connectivity index (χ4v) is 3.21. The summed E-state index contributed by atoms with van der Waals surface area (Å²) in [5, 5.41) is 3.47. The van der Waals surface area contributed by atoms with Crippen LogP contribution in [0.2, 0.25) is 0 Å². The van der Waals surface area contributed by atoms with Gasteiger partial charge in [-0.05, 0) is 42.2 Å². The van der Waals surface area contributed by atoms with Gasteiger partial charge in [-0.15, -0.1) is 0 Å². The molecule has 1 N–H and O–H groups in total. The van der Waals surface area contributed by atoms with E-state index in [-0.39, 0.29) is 0 Å². The average Bonchev–Trinajstić information content (AvgIpc) is 2.47. The first-order valence-electron chi connectivity index (χ1n) is 7.65. The molecule has 0 saturated carbocycles. The second-order valence-corrected chi connectivity index (χ2v) is 6.11. The van der Waals surface area contributed by atoms with E-state index < -0.39 is 0 Å². The SMILES string of the molecule is c1ccc(CCCC2(Cc3ccccc3)CNC2)cc1. The Morgan fingerprint density at radius 2 is 1.40 bits per heavy atom. The van der Waals surface area contributed by atoms with Gasteiger partial charge in [-0.25, -0.2) is 0 Å². The Bertz CT molecular complexity index is 514. The van der Waals surface area contributed by atoms with E-state index in [0.29, 0.717) is 5.41 Å². The molecule has 0 radical (unpaired) electrons. The molecule has 1 fully saturated rings. The van der Waals surface area contributed by atoms with Crippen LogP contribution < -0.4 is 5.32 Å². The van der Waals surface area contributed by atoms with Crippen LogP contribution in [0.4, 0.5) is 0 Å². The molecular formula is C19H23N. The van der Waals surface area contributed by atoms with E-state index >= 15 is 0 Å². The summed E-state index contributed by atoms with van der Waals surface area (Å²) in [7, 11) is 0. The summed E-state index contributed by atoms with van der Waals surface area (Å²) in [6, 6.07) is 21.8. The van der Waals surface area contributed by atoms with E-state index in [1.807, 2.05) is 0 Å². The molecule has 104 valence electrons. The van der Waals surface area contributed by atoms with Crippen LogP contribution in [-0.4, -0.2) is 13.1 Å². The minimum atomic E-state index is 0.496. The number of nitrogens with one attached hydrogen (secondary N) is 1. The zero-order chi connectivity index (χ0) is 13.7. The van der Waals surface area contributed by atoms with Crippen LogP contribution >= 0.6 is 0 Å². The minimum Gasteiger partial charge on any atom is -0.316 e. The van der Waals surface area contributed by atoms with Gasteiger partial charge < -0.3 is 5.32 Å². The molecule has 0 atom stereocenters. The summed E-state index contributed by atoms with van der Waals surface area (Å²) < 4.78 is 0. The van der Waals surface area contributed by atoms with Gasteiger partial charge in [0.2, 0.25) is 0 Å². The second kappa shape index (κ2) is 6.23. The van der Waals surface area contributed by atoms with Gasteiger partial charge >= 0.3 is 0 Å². The van der Waals surface area contributed by atoms with Crippen LogP contribution in [-0.2, 0) is 12.8 Å². The summed E-state index contributed by atoms with van der Waals surface area (Å²) in [4.78, 5) is 0. The molecule has 1 heteroatoms. The zero-order valence-electron chi connectivity index (χ0n) is 12.0. The number of rotatable bonds is 6. The van der Waals surface area contributed by atoms with Crippen molar-refractivity contribution in [3.8, 4) is 0 Å². The Kier molecular flexibility index (Phi) is 4.17. The van der Waals surface area contributed by atoms with E-state index in [1.54, 1.807) is 0 Å². The normalized spacial score (nSPS) is 16.6. The van der Waals surface area contributed by atoms with Crippen LogP contribution in [0, 0.1) is 5.41 Å². The van der Waals surface area contributed by atoms with Crippen molar-refractivity contribution in [2.75, 3.05) is 13.1 Å². The smallest absolute Gasteiger partial charge is 0.00234 e. The fraction of sp³-hybridized carbons (Fsp3) is 0.368. The largest absolute Gasteiger partial charge is 0.316 e. The van der Waals surface area contributed by atoms with Crippen molar-refractivity contribution >= 4 is 0 Å². The lowest BCUT2D eigenvalue weighted by atomic mass is 9.72. The summed E-state index contributed by atoms with van der Waals surface area (Å²) >= 11 is 0. The summed E-state index contributed by atoms with van der Waals surface area (Å²) in [6.45, 7) is 2.35. The molecule has 0 unspecified atom stereocenters. The third-order valence-corrected chi connectivity index (χ3v) is 4.44. The lowest BCUT2D eigenvalue weighted by molar-refractivity contribution is 0.148. The van der Waals surface area contributed by atoms with Gasteiger partial charge in [-0.2, -0.15) is 0 Å². The third-order valence-electron chi connectivity index (χ3n) is 4.44. The topological polar surface area (TPSA) is 12.0 Å². The summed E-state index contributed by atoms with van der Waals surface area (Å²) in [5.74, 6) is 0. The van der Waals surface area contributed by atoms with Crippen LogP contribution in [0.5, 0.6) is 0 Å². The van der Waals surface area contributed by atoms with E-state index in [9.17, 15) is 0 Å². The highest BCUT2D eigenvalue weighted by atomic mass is 15.0. The highest BCUT2D eigenvalue weighted by Crippen LogP contribution is 2.33. The molecule has 0 amide bonds. The maximum absolute atomic E-state index is 3.47. The maximum atomic E-state index is 3.47. The molecule has 1 aliphatic rings. The van der Waals surface area contributed by atoms with Gasteiger partial charge in [0.25, 0.3) is 0 Å². The molecule has 1 nitrogen and oxygen atoms in total. The van der Waals surface area contributed by atoms with Gasteiger partial charge in [0.15, 0.2) is 0 Å². The van der Waals surface area contributed by atoms with Crippen molar-refractivity contribution in [3.63, 3.8) is 0 Å². The maximum Gasteiger partial charge on any atom is 0.00234 e. The Balaban J connectivity index is 1.54. The summed E-state index contributed by atoms with van der Waals surface area (Å²) in [5.41, 5.74) is 3.44. The first-order valence-corrected chi connectivity index (χ1v) is 7.65. The Hall–Kier alpha value is -1.60. The van der Waals surface area contributed by atoms with Gasteiger partial charge in [0.1, 0.15) is 0 Å². The molecule has 0 bridgehead atoms. The van der Waals surface area contributed by atoms with Crippen molar-refractivity contribution < 1.29 is 0 Å². The molecule has 2 aromatic carbocycles. The molecule has 1 saturated heterocycles. The standard InChI is InChI=1S/C19H23N/c1-3-8-17(9-4-1)12-7-13-19(15-20-16-19)14-18-10-5-2-6-11-18/h1-6,8-11,20H,7,12-16H2. The van der Waals surface area contributed by atoms with E-state index in [4.69, 9.17) is 0 Å². The summed E-state index contributed by atoms with van der Waals surface area (Å²) in [6.07, 6.45) is 5.04. The Morgan fingerprint density at radius 3 is 1.95 bits per heavy atom. The quantitative estimate of drug-likeness (QED) is 0.836. The van der Waals surface area contributed by atoms with Crippen molar-refractivity contribution in [1.82, 2.24) is 5.32 Å². The Labute approximate surface area is 122 Å². The van der Waals surface area contributed by atoms with Crippen LogP contribution in [0.3, 0.4) is 0 Å². The molecule has 1 aliphatic heterocycles.